The highest BCUT2D eigenvalue weighted by Gasteiger charge is 2.21. The van der Waals surface area contributed by atoms with E-state index < -0.39 is 0 Å². The molecule has 0 amide bonds. The number of ether oxygens (including phenoxy) is 2. The van der Waals surface area contributed by atoms with E-state index in [2.05, 4.69) is 43.2 Å². The standard InChI is InChI=1S/C14H15Br2NO2S/c1-17-13(10-7-12(15)20-14(10)16)9-5-4-8(18-2)6-11(9)19-3/h4-7,13,17H,1-3H3. The molecule has 1 heterocycles. The van der Waals surface area contributed by atoms with Crippen molar-refractivity contribution in [1.82, 2.24) is 5.32 Å². The maximum Gasteiger partial charge on any atom is 0.127 e. The summed E-state index contributed by atoms with van der Waals surface area (Å²) in [7, 11) is 5.26. The highest BCUT2D eigenvalue weighted by atomic mass is 79.9. The predicted molar refractivity (Wildman–Crippen MR) is 90.2 cm³/mol. The molecule has 0 aliphatic carbocycles. The largest absolute Gasteiger partial charge is 0.497 e. The molecule has 1 unspecified atom stereocenters. The van der Waals surface area contributed by atoms with Gasteiger partial charge in [0.1, 0.15) is 11.5 Å². The quantitative estimate of drug-likeness (QED) is 0.766. The topological polar surface area (TPSA) is 30.5 Å². The zero-order valence-electron chi connectivity index (χ0n) is 11.4. The molecule has 6 heteroatoms. The van der Waals surface area contributed by atoms with E-state index >= 15 is 0 Å². The van der Waals surface area contributed by atoms with Crippen molar-refractivity contribution in [3.8, 4) is 11.5 Å². The summed E-state index contributed by atoms with van der Waals surface area (Å²) >= 11 is 8.79. The van der Waals surface area contributed by atoms with Crippen LogP contribution in [0.25, 0.3) is 0 Å². The zero-order valence-corrected chi connectivity index (χ0v) is 15.4. The SMILES string of the molecule is CNC(c1ccc(OC)cc1OC)c1cc(Br)sc1Br. The summed E-state index contributed by atoms with van der Waals surface area (Å²) < 4.78 is 12.9. The minimum atomic E-state index is 0.0489. The van der Waals surface area contributed by atoms with E-state index in [0.29, 0.717) is 0 Å². The second-order valence-electron chi connectivity index (χ2n) is 4.11. The van der Waals surface area contributed by atoms with Gasteiger partial charge in [0.05, 0.1) is 27.8 Å². The van der Waals surface area contributed by atoms with Gasteiger partial charge in [-0.05, 0) is 62.7 Å². The third-order valence-corrected chi connectivity index (χ3v) is 5.42. The molecular formula is C14H15Br2NO2S. The van der Waals surface area contributed by atoms with Crippen LogP contribution in [0, 0.1) is 0 Å². The second kappa shape index (κ2) is 6.93. The molecule has 0 fully saturated rings. The molecule has 1 aromatic carbocycles. The van der Waals surface area contributed by atoms with Gasteiger partial charge in [-0.3, -0.25) is 0 Å². The molecule has 0 saturated carbocycles. The van der Waals surface area contributed by atoms with Gasteiger partial charge in [0.2, 0.25) is 0 Å². The summed E-state index contributed by atoms with van der Waals surface area (Å²) in [4.78, 5) is 0. The average molecular weight is 421 g/mol. The maximum atomic E-state index is 5.50. The van der Waals surface area contributed by atoms with Gasteiger partial charge < -0.3 is 14.8 Å². The summed E-state index contributed by atoms with van der Waals surface area (Å²) in [6.45, 7) is 0. The molecule has 3 nitrogen and oxygen atoms in total. The van der Waals surface area contributed by atoms with E-state index in [4.69, 9.17) is 9.47 Å². The number of methoxy groups -OCH3 is 2. The first-order valence-corrected chi connectivity index (χ1v) is 8.34. The van der Waals surface area contributed by atoms with Gasteiger partial charge >= 0.3 is 0 Å². The zero-order chi connectivity index (χ0) is 14.7. The van der Waals surface area contributed by atoms with E-state index in [1.54, 1.807) is 25.6 Å². The van der Waals surface area contributed by atoms with Crippen molar-refractivity contribution in [3.63, 3.8) is 0 Å². The first-order valence-electron chi connectivity index (χ1n) is 5.94. The average Bonchev–Trinajstić information content (AvgIpc) is 2.79. The molecule has 1 aromatic heterocycles. The van der Waals surface area contributed by atoms with Crippen LogP contribution in [0.4, 0.5) is 0 Å². The lowest BCUT2D eigenvalue weighted by Gasteiger charge is -2.20. The second-order valence-corrected chi connectivity index (χ2v) is 7.86. The number of halogens is 2. The van der Waals surface area contributed by atoms with E-state index in [1.165, 1.54) is 5.56 Å². The van der Waals surface area contributed by atoms with Crippen molar-refractivity contribution in [2.75, 3.05) is 21.3 Å². The normalized spacial score (nSPS) is 12.2. The molecule has 1 N–H and O–H groups in total. The van der Waals surface area contributed by atoms with Gasteiger partial charge in [-0.1, -0.05) is 0 Å². The minimum Gasteiger partial charge on any atom is -0.497 e. The van der Waals surface area contributed by atoms with Crippen LogP contribution < -0.4 is 14.8 Å². The van der Waals surface area contributed by atoms with Crippen LogP contribution in [0.3, 0.4) is 0 Å². The molecular weight excluding hydrogens is 406 g/mol. The van der Waals surface area contributed by atoms with Crippen molar-refractivity contribution in [1.29, 1.82) is 0 Å². The Morgan fingerprint density at radius 3 is 2.35 bits per heavy atom. The lowest BCUT2D eigenvalue weighted by molar-refractivity contribution is 0.388. The number of hydrogen-bond acceptors (Lipinski definition) is 4. The summed E-state index contributed by atoms with van der Waals surface area (Å²) in [5.74, 6) is 1.59. The Kier molecular flexibility index (Phi) is 5.49. The van der Waals surface area contributed by atoms with Crippen molar-refractivity contribution in [2.45, 2.75) is 6.04 Å². The Bertz CT molecular complexity index is 601. The summed E-state index contributed by atoms with van der Waals surface area (Å²) in [5.41, 5.74) is 2.25. The smallest absolute Gasteiger partial charge is 0.127 e. The van der Waals surface area contributed by atoms with E-state index in [1.807, 2.05) is 25.2 Å². The maximum absolute atomic E-state index is 5.50. The number of thiophene rings is 1. The van der Waals surface area contributed by atoms with Crippen LogP contribution in [0.5, 0.6) is 11.5 Å². The van der Waals surface area contributed by atoms with Gasteiger partial charge in [-0.15, -0.1) is 11.3 Å². The molecule has 0 saturated heterocycles. The lowest BCUT2D eigenvalue weighted by atomic mass is 10.0. The van der Waals surface area contributed by atoms with Crippen LogP contribution in [0.2, 0.25) is 0 Å². The van der Waals surface area contributed by atoms with Crippen LogP contribution in [-0.4, -0.2) is 21.3 Å². The lowest BCUT2D eigenvalue weighted by Crippen LogP contribution is -2.18. The predicted octanol–water partition coefficient (Wildman–Crippen LogP) is 4.60. The van der Waals surface area contributed by atoms with Gasteiger partial charge in [-0.2, -0.15) is 0 Å². The number of nitrogens with one attached hydrogen (secondary N) is 1. The molecule has 0 aliphatic heterocycles. The Balaban J connectivity index is 2.49. The summed E-state index contributed by atoms with van der Waals surface area (Å²) in [6.07, 6.45) is 0. The number of rotatable bonds is 5. The minimum absolute atomic E-state index is 0.0489. The number of benzene rings is 1. The molecule has 2 rings (SSSR count). The molecule has 0 aliphatic rings. The van der Waals surface area contributed by atoms with E-state index in [0.717, 1.165) is 24.6 Å². The Morgan fingerprint density at radius 2 is 1.85 bits per heavy atom. The van der Waals surface area contributed by atoms with Crippen molar-refractivity contribution < 1.29 is 9.47 Å². The Morgan fingerprint density at radius 1 is 1.10 bits per heavy atom. The van der Waals surface area contributed by atoms with Crippen molar-refractivity contribution >= 4 is 43.2 Å². The van der Waals surface area contributed by atoms with Crippen LogP contribution in [0.1, 0.15) is 17.2 Å². The third kappa shape index (κ3) is 3.19. The first kappa shape index (κ1) is 15.8. The highest BCUT2D eigenvalue weighted by Crippen LogP contribution is 2.40. The van der Waals surface area contributed by atoms with Gasteiger partial charge in [0.15, 0.2) is 0 Å². The molecule has 0 spiro atoms. The van der Waals surface area contributed by atoms with Gasteiger partial charge in [0, 0.05) is 11.6 Å². The summed E-state index contributed by atoms with van der Waals surface area (Å²) in [6, 6.07) is 8.02. The summed E-state index contributed by atoms with van der Waals surface area (Å²) in [5, 5.41) is 3.34. The third-order valence-electron chi connectivity index (χ3n) is 3.03. The molecule has 20 heavy (non-hydrogen) atoms. The van der Waals surface area contributed by atoms with Crippen molar-refractivity contribution in [2.24, 2.45) is 0 Å². The van der Waals surface area contributed by atoms with Gasteiger partial charge in [-0.25, -0.2) is 0 Å². The molecule has 108 valence electrons. The number of hydrogen-bond donors (Lipinski definition) is 1. The van der Waals surface area contributed by atoms with Gasteiger partial charge in [0.25, 0.3) is 0 Å². The molecule has 2 aromatic rings. The fourth-order valence-corrected chi connectivity index (χ4v) is 4.99. The fraction of sp³-hybridized carbons (Fsp3) is 0.286. The van der Waals surface area contributed by atoms with Crippen LogP contribution in [0.15, 0.2) is 31.8 Å². The first-order chi connectivity index (χ1) is 9.60. The van der Waals surface area contributed by atoms with E-state index in [9.17, 15) is 0 Å². The highest BCUT2D eigenvalue weighted by molar-refractivity contribution is 9.12. The molecule has 1 atom stereocenters. The van der Waals surface area contributed by atoms with E-state index in [-0.39, 0.29) is 6.04 Å². The van der Waals surface area contributed by atoms with Crippen LogP contribution in [-0.2, 0) is 0 Å². The molecule has 0 radical (unpaired) electrons. The fourth-order valence-electron chi connectivity index (χ4n) is 2.09. The Labute approximate surface area is 139 Å². The molecule has 0 bridgehead atoms. The van der Waals surface area contributed by atoms with Crippen molar-refractivity contribution in [3.05, 3.63) is 43.0 Å². The monoisotopic (exact) mass is 419 g/mol. The van der Waals surface area contributed by atoms with Crippen LogP contribution >= 0.6 is 43.2 Å². The Hall–Kier alpha value is -0.560.